The predicted molar refractivity (Wildman–Crippen MR) is 98.5 cm³/mol. The summed E-state index contributed by atoms with van der Waals surface area (Å²) in [6.07, 6.45) is 6.96. The quantitative estimate of drug-likeness (QED) is 0.605. The van der Waals surface area contributed by atoms with Crippen LogP contribution in [0.2, 0.25) is 0 Å². The third-order valence-electron chi connectivity index (χ3n) is 4.11. The number of amides is 1. The third-order valence-corrected chi connectivity index (χ3v) is 4.11. The first-order chi connectivity index (χ1) is 12.8. The van der Waals surface area contributed by atoms with E-state index in [1.165, 1.54) is 0 Å². The molecule has 26 heavy (non-hydrogen) atoms. The van der Waals surface area contributed by atoms with E-state index in [1.54, 1.807) is 36.8 Å². The minimum atomic E-state index is -0.127. The van der Waals surface area contributed by atoms with Crippen LogP contribution in [-0.4, -0.2) is 25.7 Å². The predicted octanol–water partition coefficient (Wildman–Crippen LogP) is 2.80. The van der Waals surface area contributed by atoms with Crippen LogP contribution in [0.15, 0.2) is 73.3 Å². The fourth-order valence-electron chi connectivity index (χ4n) is 2.73. The van der Waals surface area contributed by atoms with Crippen LogP contribution in [0.3, 0.4) is 0 Å². The largest absolute Gasteiger partial charge is 0.348 e. The Balaban J connectivity index is 1.38. The van der Waals surface area contributed by atoms with Gasteiger partial charge in [0.1, 0.15) is 0 Å². The number of carbonyl (C=O) groups excluding carboxylic acids is 1. The standard InChI is InChI=1S/C20H17N5O/c26-20(17-6-7-18-19(12-17)22-10-9-21-18)23-13-15-2-4-16(5-3-15)14-25-11-1-8-24-25/h1-12H,13-14H2,(H,23,26). The number of rotatable bonds is 5. The fourth-order valence-corrected chi connectivity index (χ4v) is 2.73. The highest BCUT2D eigenvalue weighted by atomic mass is 16.1. The summed E-state index contributed by atoms with van der Waals surface area (Å²) in [7, 11) is 0. The second kappa shape index (κ2) is 7.14. The van der Waals surface area contributed by atoms with E-state index in [4.69, 9.17) is 0 Å². The van der Waals surface area contributed by atoms with Gasteiger partial charge in [0.2, 0.25) is 0 Å². The number of hydrogen-bond acceptors (Lipinski definition) is 4. The Hall–Kier alpha value is -3.54. The lowest BCUT2D eigenvalue weighted by atomic mass is 10.1. The van der Waals surface area contributed by atoms with Crippen LogP contribution in [0.1, 0.15) is 21.5 Å². The van der Waals surface area contributed by atoms with E-state index >= 15 is 0 Å². The number of hydrogen-bond donors (Lipinski definition) is 1. The Morgan fingerprint density at radius 2 is 1.69 bits per heavy atom. The molecule has 0 spiro atoms. The van der Waals surface area contributed by atoms with E-state index in [-0.39, 0.29) is 5.91 Å². The normalized spacial score (nSPS) is 10.8. The van der Waals surface area contributed by atoms with Crippen molar-refractivity contribution in [2.75, 3.05) is 0 Å². The molecule has 0 aliphatic heterocycles. The fraction of sp³-hybridized carbons (Fsp3) is 0.100. The molecule has 0 fully saturated rings. The van der Waals surface area contributed by atoms with Crippen LogP contribution in [0, 0.1) is 0 Å². The van der Waals surface area contributed by atoms with Crippen LogP contribution in [0.5, 0.6) is 0 Å². The van der Waals surface area contributed by atoms with Gasteiger partial charge in [-0.15, -0.1) is 0 Å². The lowest BCUT2D eigenvalue weighted by Crippen LogP contribution is -2.22. The molecule has 0 radical (unpaired) electrons. The average Bonchev–Trinajstić information content (AvgIpc) is 3.20. The highest BCUT2D eigenvalue weighted by molar-refractivity contribution is 5.97. The Kier molecular flexibility index (Phi) is 4.38. The summed E-state index contributed by atoms with van der Waals surface area (Å²) in [5, 5.41) is 7.14. The lowest BCUT2D eigenvalue weighted by Gasteiger charge is -2.07. The van der Waals surface area contributed by atoms with E-state index < -0.39 is 0 Å². The minimum absolute atomic E-state index is 0.127. The summed E-state index contributed by atoms with van der Waals surface area (Å²) >= 11 is 0. The summed E-state index contributed by atoms with van der Waals surface area (Å²) in [5.41, 5.74) is 4.27. The van der Waals surface area contributed by atoms with Crippen molar-refractivity contribution in [3.05, 3.63) is 90.0 Å². The molecule has 0 saturated heterocycles. The van der Waals surface area contributed by atoms with Crippen molar-refractivity contribution in [3.63, 3.8) is 0 Å². The molecule has 0 atom stereocenters. The SMILES string of the molecule is O=C(NCc1ccc(Cn2cccn2)cc1)c1ccc2nccnc2c1. The zero-order valence-corrected chi connectivity index (χ0v) is 14.0. The number of benzene rings is 2. The molecule has 1 N–H and O–H groups in total. The lowest BCUT2D eigenvalue weighted by molar-refractivity contribution is 0.0951. The Morgan fingerprint density at radius 1 is 0.923 bits per heavy atom. The molecule has 6 heteroatoms. The van der Waals surface area contributed by atoms with E-state index in [2.05, 4.69) is 32.5 Å². The maximum absolute atomic E-state index is 12.4. The summed E-state index contributed by atoms with van der Waals surface area (Å²) < 4.78 is 1.87. The molecule has 128 valence electrons. The van der Waals surface area contributed by atoms with E-state index in [9.17, 15) is 4.79 Å². The van der Waals surface area contributed by atoms with Gasteiger partial charge in [-0.3, -0.25) is 19.4 Å². The van der Waals surface area contributed by atoms with E-state index in [0.29, 0.717) is 17.6 Å². The number of carbonyl (C=O) groups is 1. The molecule has 4 rings (SSSR count). The van der Waals surface area contributed by atoms with Crippen molar-refractivity contribution in [1.29, 1.82) is 0 Å². The van der Waals surface area contributed by atoms with Crippen LogP contribution in [-0.2, 0) is 13.1 Å². The maximum Gasteiger partial charge on any atom is 0.251 e. The summed E-state index contributed by atoms with van der Waals surface area (Å²) in [5.74, 6) is -0.127. The maximum atomic E-state index is 12.4. The first-order valence-electron chi connectivity index (χ1n) is 8.32. The monoisotopic (exact) mass is 343 g/mol. The molecular formula is C20H17N5O. The van der Waals surface area contributed by atoms with Gasteiger partial charge in [0, 0.05) is 36.9 Å². The zero-order chi connectivity index (χ0) is 17.8. The second-order valence-electron chi connectivity index (χ2n) is 5.96. The molecule has 0 aliphatic rings. The Morgan fingerprint density at radius 3 is 2.46 bits per heavy atom. The molecule has 4 aromatic rings. The van der Waals surface area contributed by atoms with E-state index in [1.807, 2.05) is 29.1 Å². The average molecular weight is 343 g/mol. The van der Waals surface area contributed by atoms with Crippen molar-refractivity contribution < 1.29 is 4.79 Å². The highest BCUT2D eigenvalue weighted by Gasteiger charge is 2.07. The van der Waals surface area contributed by atoms with Crippen LogP contribution in [0.4, 0.5) is 0 Å². The Bertz CT molecular complexity index is 1030. The van der Waals surface area contributed by atoms with Gasteiger partial charge in [0.15, 0.2) is 0 Å². The molecule has 6 nitrogen and oxygen atoms in total. The zero-order valence-electron chi connectivity index (χ0n) is 14.0. The summed E-state index contributed by atoms with van der Waals surface area (Å²) in [6.45, 7) is 1.21. The van der Waals surface area contributed by atoms with Gasteiger partial charge < -0.3 is 5.32 Å². The Labute approximate surface area is 150 Å². The third kappa shape index (κ3) is 3.59. The van der Waals surface area contributed by atoms with Gasteiger partial charge in [-0.2, -0.15) is 5.10 Å². The van der Waals surface area contributed by atoms with Crippen LogP contribution < -0.4 is 5.32 Å². The van der Waals surface area contributed by atoms with Gasteiger partial charge in [-0.25, -0.2) is 0 Å². The molecule has 2 heterocycles. The molecule has 0 bridgehead atoms. The van der Waals surface area contributed by atoms with Gasteiger partial charge in [0.25, 0.3) is 5.91 Å². The van der Waals surface area contributed by atoms with Crippen molar-refractivity contribution >= 4 is 16.9 Å². The summed E-state index contributed by atoms with van der Waals surface area (Å²) in [4.78, 5) is 20.8. The van der Waals surface area contributed by atoms with Crippen molar-refractivity contribution in [3.8, 4) is 0 Å². The highest BCUT2D eigenvalue weighted by Crippen LogP contribution is 2.11. The van der Waals surface area contributed by atoms with Gasteiger partial charge in [-0.05, 0) is 35.4 Å². The van der Waals surface area contributed by atoms with Gasteiger partial charge in [-0.1, -0.05) is 24.3 Å². The molecule has 0 saturated carbocycles. The summed E-state index contributed by atoms with van der Waals surface area (Å²) in [6, 6.07) is 15.4. The molecule has 2 aromatic heterocycles. The first kappa shape index (κ1) is 16.0. The van der Waals surface area contributed by atoms with Gasteiger partial charge >= 0.3 is 0 Å². The topological polar surface area (TPSA) is 72.7 Å². The first-order valence-corrected chi connectivity index (χ1v) is 8.32. The second-order valence-corrected chi connectivity index (χ2v) is 5.96. The smallest absolute Gasteiger partial charge is 0.251 e. The van der Waals surface area contributed by atoms with E-state index in [0.717, 1.165) is 23.2 Å². The van der Waals surface area contributed by atoms with Crippen LogP contribution in [0.25, 0.3) is 11.0 Å². The van der Waals surface area contributed by atoms with Crippen molar-refractivity contribution in [2.45, 2.75) is 13.1 Å². The molecule has 0 unspecified atom stereocenters. The molecule has 1 amide bonds. The molecule has 2 aromatic carbocycles. The molecular weight excluding hydrogens is 326 g/mol. The number of nitrogens with one attached hydrogen (secondary N) is 1. The van der Waals surface area contributed by atoms with Gasteiger partial charge in [0.05, 0.1) is 17.6 Å². The number of aromatic nitrogens is 4. The minimum Gasteiger partial charge on any atom is -0.348 e. The van der Waals surface area contributed by atoms with Crippen molar-refractivity contribution in [2.24, 2.45) is 0 Å². The van der Waals surface area contributed by atoms with Crippen molar-refractivity contribution in [1.82, 2.24) is 25.1 Å². The number of nitrogens with zero attached hydrogens (tertiary/aromatic N) is 4. The molecule has 0 aliphatic carbocycles. The number of fused-ring (bicyclic) bond motifs is 1. The van der Waals surface area contributed by atoms with Crippen LogP contribution >= 0.6 is 0 Å².